The SMILES string of the molecule is CCCN(c1ccncc1)n1c2ccccc2c2ccccc21.O=C(O)C=CC(=O)O. The Morgan fingerprint density at radius 1 is 0.871 bits per heavy atom. The number of carboxylic acids is 2. The second-order valence-electron chi connectivity index (χ2n) is 6.68. The smallest absolute Gasteiger partial charge is 0.328 e. The van der Waals surface area contributed by atoms with Crippen molar-refractivity contribution in [3.63, 3.8) is 0 Å². The lowest BCUT2D eigenvalue weighted by atomic mass is 10.2. The Bertz CT molecular complexity index is 1150. The Morgan fingerprint density at radius 2 is 1.35 bits per heavy atom. The maximum Gasteiger partial charge on any atom is 0.328 e. The van der Waals surface area contributed by atoms with E-state index in [1.165, 1.54) is 21.8 Å². The summed E-state index contributed by atoms with van der Waals surface area (Å²) in [5.74, 6) is -2.51. The van der Waals surface area contributed by atoms with Gasteiger partial charge in [0.2, 0.25) is 0 Å². The third-order valence-corrected chi connectivity index (χ3v) is 4.56. The second-order valence-corrected chi connectivity index (χ2v) is 6.68. The van der Waals surface area contributed by atoms with Crippen molar-refractivity contribution >= 4 is 39.4 Å². The van der Waals surface area contributed by atoms with Crippen LogP contribution >= 0.6 is 0 Å². The van der Waals surface area contributed by atoms with Crippen LogP contribution < -0.4 is 5.01 Å². The van der Waals surface area contributed by atoms with E-state index in [4.69, 9.17) is 10.2 Å². The van der Waals surface area contributed by atoms with Gasteiger partial charge in [0.1, 0.15) is 0 Å². The van der Waals surface area contributed by atoms with Gasteiger partial charge in [-0.3, -0.25) is 14.7 Å². The summed E-state index contributed by atoms with van der Waals surface area (Å²) in [5.41, 5.74) is 3.63. The topological polar surface area (TPSA) is 95.7 Å². The quantitative estimate of drug-likeness (QED) is 0.446. The molecule has 0 saturated carbocycles. The molecular formula is C24H23N3O4. The Morgan fingerprint density at radius 3 is 1.81 bits per heavy atom. The number of carboxylic acid groups (broad SMARTS) is 2. The van der Waals surface area contributed by atoms with E-state index in [0.717, 1.165) is 18.7 Å². The average Bonchev–Trinajstić information content (AvgIpc) is 3.11. The fourth-order valence-corrected chi connectivity index (χ4v) is 3.38. The molecule has 4 aromatic rings. The summed E-state index contributed by atoms with van der Waals surface area (Å²) in [6.45, 7) is 3.16. The zero-order valence-corrected chi connectivity index (χ0v) is 17.0. The molecule has 7 nitrogen and oxygen atoms in total. The Labute approximate surface area is 179 Å². The van der Waals surface area contributed by atoms with E-state index in [-0.39, 0.29) is 0 Å². The van der Waals surface area contributed by atoms with E-state index in [9.17, 15) is 9.59 Å². The number of nitrogens with zero attached hydrogens (tertiary/aromatic N) is 3. The molecule has 7 heteroatoms. The van der Waals surface area contributed by atoms with Gasteiger partial charge in [0.25, 0.3) is 0 Å². The minimum Gasteiger partial charge on any atom is -0.478 e. The molecule has 2 aromatic heterocycles. The van der Waals surface area contributed by atoms with Gasteiger partial charge < -0.3 is 10.2 Å². The standard InChI is InChI=1S/C20H19N3.C4H4O4/c1-2-15-22(16-11-13-21-14-12-16)23-19-9-5-3-7-17(19)18-8-4-6-10-20(18)23;5-3(6)1-2-4(7)8/h3-14H,2,15H2,1H3;1-2H,(H,5,6)(H,7,8). The molecule has 0 unspecified atom stereocenters. The van der Waals surface area contributed by atoms with Crippen LogP contribution in [0.2, 0.25) is 0 Å². The molecule has 0 atom stereocenters. The molecule has 0 aliphatic carbocycles. The van der Waals surface area contributed by atoms with Crippen LogP contribution in [-0.2, 0) is 9.59 Å². The van der Waals surface area contributed by atoms with Crippen molar-refractivity contribution in [3.05, 3.63) is 85.2 Å². The summed E-state index contributed by atoms with van der Waals surface area (Å²) in [6, 6.07) is 21.3. The van der Waals surface area contributed by atoms with Crippen molar-refractivity contribution < 1.29 is 19.8 Å². The maximum absolute atomic E-state index is 9.55. The lowest BCUT2D eigenvalue weighted by Crippen LogP contribution is -2.30. The third-order valence-electron chi connectivity index (χ3n) is 4.56. The molecule has 0 bridgehead atoms. The van der Waals surface area contributed by atoms with Gasteiger partial charge in [-0.25, -0.2) is 9.59 Å². The summed E-state index contributed by atoms with van der Waals surface area (Å²) in [7, 11) is 0. The normalized spacial score (nSPS) is 10.7. The molecule has 0 fully saturated rings. The number of benzene rings is 2. The molecule has 0 spiro atoms. The summed E-state index contributed by atoms with van der Waals surface area (Å²) in [4.78, 5) is 23.3. The van der Waals surface area contributed by atoms with Crippen LogP contribution in [0.15, 0.2) is 85.2 Å². The van der Waals surface area contributed by atoms with E-state index >= 15 is 0 Å². The molecule has 2 N–H and O–H groups in total. The fraction of sp³-hybridized carbons (Fsp3) is 0.125. The highest BCUT2D eigenvalue weighted by atomic mass is 16.4. The number of anilines is 1. The summed E-state index contributed by atoms with van der Waals surface area (Å²) in [6.07, 6.45) is 5.89. The van der Waals surface area contributed by atoms with Crippen molar-refractivity contribution in [1.82, 2.24) is 9.66 Å². The largest absolute Gasteiger partial charge is 0.478 e. The number of para-hydroxylation sites is 2. The van der Waals surface area contributed by atoms with E-state index in [1.807, 2.05) is 12.4 Å². The van der Waals surface area contributed by atoms with Gasteiger partial charge in [0.05, 0.1) is 16.7 Å². The number of rotatable bonds is 6. The van der Waals surface area contributed by atoms with Crippen LogP contribution in [-0.4, -0.2) is 38.4 Å². The van der Waals surface area contributed by atoms with Crippen LogP contribution in [0.3, 0.4) is 0 Å². The molecule has 4 rings (SSSR count). The van der Waals surface area contributed by atoms with E-state index in [2.05, 4.69) is 82.3 Å². The van der Waals surface area contributed by atoms with Crippen LogP contribution in [0.4, 0.5) is 5.69 Å². The first kappa shape index (κ1) is 21.6. The highest BCUT2D eigenvalue weighted by molar-refractivity contribution is 6.08. The van der Waals surface area contributed by atoms with E-state index < -0.39 is 11.9 Å². The van der Waals surface area contributed by atoms with Crippen LogP contribution in [0.25, 0.3) is 21.8 Å². The summed E-state index contributed by atoms with van der Waals surface area (Å²) < 4.78 is 2.34. The van der Waals surface area contributed by atoms with Crippen molar-refractivity contribution in [1.29, 1.82) is 0 Å². The van der Waals surface area contributed by atoms with Gasteiger partial charge in [-0.15, -0.1) is 0 Å². The van der Waals surface area contributed by atoms with Gasteiger partial charge in [0.15, 0.2) is 0 Å². The minimum atomic E-state index is -1.26. The molecule has 0 amide bonds. The summed E-state index contributed by atoms with van der Waals surface area (Å²) in [5, 5.41) is 20.5. The van der Waals surface area contributed by atoms with Gasteiger partial charge in [-0.2, -0.15) is 0 Å². The molecule has 0 aliphatic heterocycles. The van der Waals surface area contributed by atoms with Crippen LogP contribution in [0.5, 0.6) is 0 Å². The van der Waals surface area contributed by atoms with Crippen molar-refractivity contribution in [2.24, 2.45) is 0 Å². The van der Waals surface area contributed by atoms with Gasteiger partial charge in [-0.05, 0) is 30.7 Å². The lowest BCUT2D eigenvalue weighted by Gasteiger charge is -2.27. The second kappa shape index (κ2) is 10.1. The molecule has 2 heterocycles. The lowest BCUT2D eigenvalue weighted by molar-refractivity contribution is -0.134. The fourth-order valence-electron chi connectivity index (χ4n) is 3.38. The number of hydrogen-bond acceptors (Lipinski definition) is 4. The van der Waals surface area contributed by atoms with E-state index in [1.54, 1.807) is 0 Å². The predicted octanol–water partition coefficient (Wildman–Crippen LogP) is 4.58. The number of hydrogen-bond donors (Lipinski definition) is 2. The number of pyridine rings is 1. The molecule has 0 radical (unpaired) electrons. The Kier molecular flexibility index (Phi) is 7.01. The average molecular weight is 417 g/mol. The minimum absolute atomic E-state index is 0.558. The first-order valence-electron chi connectivity index (χ1n) is 9.83. The predicted molar refractivity (Wildman–Crippen MR) is 121 cm³/mol. The molecule has 31 heavy (non-hydrogen) atoms. The molecular weight excluding hydrogens is 394 g/mol. The van der Waals surface area contributed by atoms with E-state index in [0.29, 0.717) is 12.2 Å². The van der Waals surface area contributed by atoms with Crippen molar-refractivity contribution in [2.45, 2.75) is 13.3 Å². The van der Waals surface area contributed by atoms with Crippen molar-refractivity contribution in [2.75, 3.05) is 11.6 Å². The highest BCUT2D eigenvalue weighted by Crippen LogP contribution is 2.31. The maximum atomic E-state index is 9.55. The first-order chi connectivity index (χ1) is 15.0. The van der Waals surface area contributed by atoms with Crippen LogP contribution in [0.1, 0.15) is 13.3 Å². The number of aliphatic carboxylic acids is 2. The third kappa shape index (κ3) is 5.08. The Balaban J connectivity index is 0.000000293. The van der Waals surface area contributed by atoms with Gasteiger partial charge >= 0.3 is 11.9 Å². The highest BCUT2D eigenvalue weighted by Gasteiger charge is 2.15. The molecule has 2 aromatic carbocycles. The number of aromatic nitrogens is 2. The number of carbonyl (C=O) groups is 2. The summed E-state index contributed by atoms with van der Waals surface area (Å²) >= 11 is 0. The number of fused-ring (bicyclic) bond motifs is 3. The zero-order chi connectivity index (χ0) is 22.2. The van der Waals surface area contributed by atoms with Gasteiger partial charge in [-0.1, -0.05) is 43.3 Å². The zero-order valence-electron chi connectivity index (χ0n) is 17.0. The molecule has 0 saturated heterocycles. The monoisotopic (exact) mass is 417 g/mol. The van der Waals surface area contributed by atoms with Gasteiger partial charge in [0, 0.05) is 41.9 Å². The Hall–Kier alpha value is -4.13. The van der Waals surface area contributed by atoms with Crippen molar-refractivity contribution in [3.8, 4) is 0 Å². The van der Waals surface area contributed by atoms with Crippen LogP contribution in [0, 0.1) is 0 Å². The molecule has 0 aliphatic rings. The molecule has 158 valence electrons. The first-order valence-corrected chi connectivity index (χ1v) is 9.83.